The number of benzene rings is 1. The maximum Gasteiger partial charge on any atom is 0.0224 e. The van der Waals surface area contributed by atoms with Crippen LogP contribution in [-0.4, -0.2) is 6.04 Å². The number of hydrogen-bond acceptors (Lipinski definition) is 1. The Labute approximate surface area is 73.9 Å². The van der Waals surface area contributed by atoms with Gasteiger partial charge in [-0.1, -0.05) is 36.4 Å². The standard InChI is InChI=1S/C11H15N/c1-2-11(12)9-8-10-6-4-3-5-7-10/h2-7,11H,1,8-9,12H2/t11-/m0/s1. The van der Waals surface area contributed by atoms with Gasteiger partial charge in [0.15, 0.2) is 0 Å². The second kappa shape index (κ2) is 4.73. The van der Waals surface area contributed by atoms with Crippen LogP contribution in [0.15, 0.2) is 43.0 Å². The molecule has 64 valence electrons. The van der Waals surface area contributed by atoms with Crippen molar-refractivity contribution in [3.8, 4) is 0 Å². The average molecular weight is 161 g/mol. The third kappa shape index (κ3) is 2.89. The quantitative estimate of drug-likeness (QED) is 0.673. The molecule has 0 heterocycles. The van der Waals surface area contributed by atoms with Gasteiger partial charge in [0.05, 0.1) is 0 Å². The summed E-state index contributed by atoms with van der Waals surface area (Å²) < 4.78 is 0. The van der Waals surface area contributed by atoms with E-state index in [1.807, 2.05) is 6.07 Å². The topological polar surface area (TPSA) is 26.0 Å². The summed E-state index contributed by atoms with van der Waals surface area (Å²) in [6.45, 7) is 3.65. The van der Waals surface area contributed by atoms with Crippen LogP contribution in [-0.2, 0) is 6.42 Å². The van der Waals surface area contributed by atoms with E-state index in [-0.39, 0.29) is 6.04 Å². The van der Waals surface area contributed by atoms with E-state index < -0.39 is 0 Å². The maximum absolute atomic E-state index is 5.70. The molecule has 12 heavy (non-hydrogen) atoms. The van der Waals surface area contributed by atoms with Crippen molar-refractivity contribution in [2.45, 2.75) is 18.9 Å². The lowest BCUT2D eigenvalue weighted by Gasteiger charge is -2.04. The number of nitrogens with two attached hydrogens (primary N) is 1. The average Bonchev–Trinajstić information content (AvgIpc) is 2.16. The van der Waals surface area contributed by atoms with E-state index in [9.17, 15) is 0 Å². The van der Waals surface area contributed by atoms with Gasteiger partial charge < -0.3 is 5.73 Å². The summed E-state index contributed by atoms with van der Waals surface area (Å²) in [5, 5.41) is 0. The van der Waals surface area contributed by atoms with E-state index in [1.165, 1.54) is 5.56 Å². The maximum atomic E-state index is 5.70. The number of rotatable bonds is 4. The van der Waals surface area contributed by atoms with Crippen molar-refractivity contribution in [1.82, 2.24) is 0 Å². The van der Waals surface area contributed by atoms with Crippen LogP contribution >= 0.6 is 0 Å². The van der Waals surface area contributed by atoms with Crippen molar-refractivity contribution in [3.05, 3.63) is 48.6 Å². The molecular formula is C11H15N. The van der Waals surface area contributed by atoms with Gasteiger partial charge in [0.2, 0.25) is 0 Å². The third-order valence-corrected chi connectivity index (χ3v) is 1.91. The molecule has 1 aromatic carbocycles. The molecular weight excluding hydrogens is 146 g/mol. The lowest BCUT2D eigenvalue weighted by molar-refractivity contribution is 0.722. The Morgan fingerprint density at radius 3 is 2.58 bits per heavy atom. The Balaban J connectivity index is 2.38. The van der Waals surface area contributed by atoms with Crippen LogP contribution in [0.5, 0.6) is 0 Å². The monoisotopic (exact) mass is 161 g/mol. The first-order chi connectivity index (χ1) is 5.83. The first kappa shape index (κ1) is 9.01. The van der Waals surface area contributed by atoms with Crippen LogP contribution in [0.1, 0.15) is 12.0 Å². The molecule has 0 aromatic heterocycles. The Bertz CT molecular complexity index is 228. The molecule has 1 nitrogen and oxygen atoms in total. The highest BCUT2D eigenvalue weighted by Crippen LogP contribution is 2.03. The van der Waals surface area contributed by atoms with E-state index in [1.54, 1.807) is 6.08 Å². The summed E-state index contributed by atoms with van der Waals surface area (Å²) >= 11 is 0. The summed E-state index contributed by atoms with van der Waals surface area (Å²) in [6, 6.07) is 10.5. The van der Waals surface area contributed by atoms with Gasteiger partial charge in [-0.05, 0) is 18.4 Å². The lowest BCUT2D eigenvalue weighted by atomic mass is 10.1. The summed E-state index contributed by atoms with van der Waals surface area (Å²) in [5.74, 6) is 0. The Morgan fingerprint density at radius 2 is 2.00 bits per heavy atom. The normalized spacial score (nSPS) is 12.4. The molecule has 0 aliphatic carbocycles. The van der Waals surface area contributed by atoms with Crippen molar-refractivity contribution in [2.75, 3.05) is 0 Å². The van der Waals surface area contributed by atoms with Gasteiger partial charge in [-0.15, -0.1) is 6.58 Å². The van der Waals surface area contributed by atoms with Gasteiger partial charge in [-0.3, -0.25) is 0 Å². The fraction of sp³-hybridized carbons (Fsp3) is 0.273. The third-order valence-electron chi connectivity index (χ3n) is 1.91. The SMILES string of the molecule is C=C[C@H](N)CCc1ccccc1. The Kier molecular flexibility index (Phi) is 3.55. The van der Waals surface area contributed by atoms with Crippen molar-refractivity contribution in [3.63, 3.8) is 0 Å². The Hall–Kier alpha value is -1.08. The molecule has 0 saturated heterocycles. The van der Waals surface area contributed by atoms with Crippen LogP contribution in [0.4, 0.5) is 0 Å². The predicted molar refractivity (Wildman–Crippen MR) is 52.9 cm³/mol. The van der Waals surface area contributed by atoms with E-state index in [0.717, 1.165) is 12.8 Å². The highest BCUT2D eigenvalue weighted by Gasteiger charge is 1.96. The minimum absolute atomic E-state index is 0.130. The summed E-state index contributed by atoms with van der Waals surface area (Å²) in [4.78, 5) is 0. The highest BCUT2D eigenvalue weighted by molar-refractivity contribution is 5.14. The largest absolute Gasteiger partial charge is 0.324 e. The Morgan fingerprint density at radius 1 is 1.33 bits per heavy atom. The van der Waals surface area contributed by atoms with E-state index in [0.29, 0.717) is 0 Å². The molecule has 0 unspecified atom stereocenters. The van der Waals surface area contributed by atoms with Crippen LogP contribution < -0.4 is 5.73 Å². The van der Waals surface area contributed by atoms with Gasteiger partial charge in [0.25, 0.3) is 0 Å². The van der Waals surface area contributed by atoms with Crippen molar-refractivity contribution in [2.24, 2.45) is 5.73 Å². The van der Waals surface area contributed by atoms with E-state index >= 15 is 0 Å². The summed E-state index contributed by atoms with van der Waals surface area (Å²) in [7, 11) is 0. The molecule has 0 amide bonds. The zero-order valence-corrected chi connectivity index (χ0v) is 7.24. The fourth-order valence-corrected chi connectivity index (χ4v) is 1.10. The highest BCUT2D eigenvalue weighted by atomic mass is 14.6. The molecule has 0 radical (unpaired) electrons. The molecule has 2 N–H and O–H groups in total. The first-order valence-corrected chi connectivity index (χ1v) is 4.25. The molecule has 1 aromatic rings. The van der Waals surface area contributed by atoms with Gasteiger partial charge in [0, 0.05) is 6.04 Å². The molecule has 0 saturated carbocycles. The smallest absolute Gasteiger partial charge is 0.0224 e. The zero-order chi connectivity index (χ0) is 8.81. The molecule has 1 rings (SSSR count). The van der Waals surface area contributed by atoms with E-state index in [4.69, 9.17) is 5.73 Å². The van der Waals surface area contributed by atoms with Gasteiger partial charge >= 0.3 is 0 Å². The van der Waals surface area contributed by atoms with Crippen LogP contribution in [0.3, 0.4) is 0 Å². The minimum atomic E-state index is 0.130. The molecule has 0 aliphatic heterocycles. The zero-order valence-electron chi connectivity index (χ0n) is 7.24. The first-order valence-electron chi connectivity index (χ1n) is 4.25. The molecule has 0 spiro atoms. The minimum Gasteiger partial charge on any atom is -0.324 e. The molecule has 0 aliphatic rings. The summed E-state index contributed by atoms with van der Waals surface area (Å²) in [6.07, 6.45) is 3.81. The second-order valence-electron chi connectivity index (χ2n) is 2.92. The number of hydrogen-bond donors (Lipinski definition) is 1. The van der Waals surface area contributed by atoms with Crippen LogP contribution in [0, 0.1) is 0 Å². The second-order valence-corrected chi connectivity index (χ2v) is 2.92. The number of aryl methyl sites for hydroxylation is 1. The fourth-order valence-electron chi connectivity index (χ4n) is 1.10. The summed E-state index contributed by atoms with van der Waals surface area (Å²) in [5.41, 5.74) is 7.05. The van der Waals surface area contributed by atoms with Crippen molar-refractivity contribution >= 4 is 0 Å². The molecule has 0 fully saturated rings. The van der Waals surface area contributed by atoms with Crippen LogP contribution in [0.25, 0.3) is 0 Å². The van der Waals surface area contributed by atoms with Gasteiger partial charge in [-0.2, -0.15) is 0 Å². The van der Waals surface area contributed by atoms with Crippen molar-refractivity contribution in [1.29, 1.82) is 0 Å². The van der Waals surface area contributed by atoms with E-state index in [2.05, 4.69) is 30.8 Å². The van der Waals surface area contributed by atoms with Gasteiger partial charge in [0.1, 0.15) is 0 Å². The van der Waals surface area contributed by atoms with Crippen molar-refractivity contribution < 1.29 is 0 Å². The molecule has 1 atom stereocenters. The lowest BCUT2D eigenvalue weighted by Crippen LogP contribution is -2.16. The van der Waals surface area contributed by atoms with Crippen LogP contribution in [0.2, 0.25) is 0 Å². The van der Waals surface area contributed by atoms with Gasteiger partial charge in [-0.25, -0.2) is 0 Å². The molecule has 1 heteroatoms. The predicted octanol–water partition coefficient (Wildman–Crippen LogP) is 2.13. The molecule has 0 bridgehead atoms.